The Balaban J connectivity index is 2.44. The highest BCUT2D eigenvalue weighted by Crippen LogP contribution is 2.23. The van der Waals surface area contributed by atoms with E-state index < -0.39 is 0 Å². The van der Waals surface area contributed by atoms with Gasteiger partial charge in [0, 0.05) is 5.56 Å². The number of rotatable bonds is 2. The van der Waals surface area contributed by atoms with Crippen molar-refractivity contribution in [2.75, 3.05) is 7.11 Å². The fraction of sp³-hybridized carbons (Fsp3) is 0.0833. The zero-order valence-corrected chi connectivity index (χ0v) is 9.86. The predicted molar refractivity (Wildman–Crippen MR) is 63.9 cm³/mol. The number of benzene rings is 1. The van der Waals surface area contributed by atoms with Gasteiger partial charge in [-0.15, -0.1) is 0 Å². The van der Waals surface area contributed by atoms with Crippen LogP contribution in [0.1, 0.15) is 0 Å². The van der Waals surface area contributed by atoms with Gasteiger partial charge in [-0.05, 0) is 40.2 Å². The fourth-order valence-corrected chi connectivity index (χ4v) is 1.70. The highest BCUT2D eigenvalue weighted by Gasteiger charge is 2.00. The molecule has 1 aromatic carbocycles. The monoisotopic (exact) mass is 263 g/mol. The first-order valence-corrected chi connectivity index (χ1v) is 5.36. The number of pyridine rings is 1. The van der Waals surface area contributed by atoms with Crippen LogP contribution in [-0.2, 0) is 0 Å². The standard InChI is InChI=1S/C12H10BrNO/c1-15-10-5-2-4-9(8-10)11-6-3-7-12(13)14-11/h2-8H,1H3. The van der Waals surface area contributed by atoms with E-state index in [9.17, 15) is 0 Å². The Kier molecular flexibility index (Phi) is 3.02. The Labute approximate surface area is 97.1 Å². The molecule has 2 rings (SSSR count). The molecule has 0 unspecified atom stereocenters. The Hall–Kier alpha value is -1.35. The van der Waals surface area contributed by atoms with Crippen molar-refractivity contribution in [3.63, 3.8) is 0 Å². The lowest BCUT2D eigenvalue weighted by Gasteiger charge is -2.04. The summed E-state index contributed by atoms with van der Waals surface area (Å²) < 4.78 is 6.00. The van der Waals surface area contributed by atoms with Gasteiger partial charge in [0.05, 0.1) is 12.8 Å². The van der Waals surface area contributed by atoms with E-state index in [4.69, 9.17) is 4.74 Å². The summed E-state index contributed by atoms with van der Waals surface area (Å²) in [7, 11) is 1.66. The zero-order valence-electron chi connectivity index (χ0n) is 8.27. The molecule has 0 N–H and O–H groups in total. The maximum absolute atomic E-state index is 5.17. The first-order valence-electron chi connectivity index (χ1n) is 4.56. The van der Waals surface area contributed by atoms with Crippen molar-refractivity contribution in [1.29, 1.82) is 0 Å². The summed E-state index contributed by atoms with van der Waals surface area (Å²) in [6.07, 6.45) is 0. The van der Waals surface area contributed by atoms with Gasteiger partial charge in [0.25, 0.3) is 0 Å². The number of hydrogen-bond donors (Lipinski definition) is 0. The van der Waals surface area contributed by atoms with Gasteiger partial charge in [-0.1, -0.05) is 18.2 Å². The molecule has 0 spiro atoms. The molecule has 1 aromatic heterocycles. The minimum Gasteiger partial charge on any atom is -0.497 e. The van der Waals surface area contributed by atoms with Crippen LogP contribution in [0.3, 0.4) is 0 Å². The molecule has 3 heteroatoms. The summed E-state index contributed by atoms with van der Waals surface area (Å²) in [6.45, 7) is 0. The van der Waals surface area contributed by atoms with Gasteiger partial charge in [-0.3, -0.25) is 0 Å². The molecular weight excluding hydrogens is 254 g/mol. The van der Waals surface area contributed by atoms with E-state index in [1.807, 2.05) is 42.5 Å². The quantitative estimate of drug-likeness (QED) is 0.774. The Bertz CT molecular complexity index is 471. The number of nitrogens with zero attached hydrogens (tertiary/aromatic N) is 1. The molecule has 0 atom stereocenters. The van der Waals surface area contributed by atoms with Crippen LogP contribution in [0.4, 0.5) is 0 Å². The maximum Gasteiger partial charge on any atom is 0.119 e. The molecule has 2 nitrogen and oxygen atoms in total. The summed E-state index contributed by atoms with van der Waals surface area (Å²) in [5.41, 5.74) is 1.99. The van der Waals surface area contributed by atoms with Crippen molar-refractivity contribution in [2.45, 2.75) is 0 Å². The van der Waals surface area contributed by atoms with Gasteiger partial charge in [-0.25, -0.2) is 4.98 Å². The molecule has 76 valence electrons. The van der Waals surface area contributed by atoms with Gasteiger partial charge < -0.3 is 4.74 Å². The molecule has 0 aliphatic heterocycles. The Morgan fingerprint density at radius 2 is 1.93 bits per heavy atom. The summed E-state index contributed by atoms with van der Waals surface area (Å²) in [5.74, 6) is 0.842. The number of aromatic nitrogens is 1. The van der Waals surface area contributed by atoms with Crippen LogP contribution in [0.2, 0.25) is 0 Å². The molecule has 1 heterocycles. The van der Waals surface area contributed by atoms with E-state index in [-0.39, 0.29) is 0 Å². The number of ether oxygens (including phenoxy) is 1. The molecule has 0 aliphatic carbocycles. The molecule has 0 fully saturated rings. The van der Waals surface area contributed by atoms with E-state index >= 15 is 0 Å². The van der Waals surface area contributed by atoms with Crippen LogP contribution < -0.4 is 4.74 Å². The first-order chi connectivity index (χ1) is 7.29. The van der Waals surface area contributed by atoms with E-state index in [2.05, 4.69) is 20.9 Å². The molecule has 0 radical (unpaired) electrons. The third kappa shape index (κ3) is 2.36. The highest BCUT2D eigenvalue weighted by molar-refractivity contribution is 9.10. The third-order valence-corrected chi connectivity index (χ3v) is 2.52. The van der Waals surface area contributed by atoms with Gasteiger partial charge in [0.15, 0.2) is 0 Å². The number of methoxy groups -OCH3 is 1. The number of hydrogen-bond acceptors (Lipinski definition) is 2. The van der Waals surface area contributed by atoms with Gasteiger partial charge in [-0.2, -0.15) is 0 Å². The van der Waals surface area contributed by atoms with Crippen molar-refractivity contribution in [2.24, 2.45) is 0 Å². The zero-order chi connectivity index (χ0) is 10.7. The van der Waals surface area contributed by atoms with Crippen molar-refractivity contribution < 1.29 is 4.74 Å². The molecule has 15 heavy (non-hydrogen) atoms. The fourth-order valence-electron chi connectivity index (χ4n) is 1.35. The summed E-state index contributed by atoms with van der Waals surface area (Å²) in [6, 6.07) is 13.7. The third-order valence-electron chi connectivity index (χ3n) is 2.08. The number of halogens is 1. The normalized spacial score (nSPS) is 10.0. The van der Waals surface area contributed by atoms with Gasteiger partial charge in [0.2, 0.25) is 0 Å². The van der Waals surface area contributed by atoms with E-state index in [0.29, 0.717) is 0 Å². The lowest BCUT2D eigenvalue weighted by Crippen LogP contribution is -1.86. The topological polar surface area (TPSA) is 22.1 Å². The van der Waals surface area contributed by atoms with Crippen LogP contribution in [-0.4, -0.2) is 12.1 Å². The largest absolute Gasteiger partial charge is 0.497 e. The van der Waals surface area contributed by atoms with Gasteiger partial charge in [0.1, 0.15) is 10.4 Å². The average Bonchev–Trinajstić information content (AvgIpc) is 2.29. The van der Waals surface area contributed by atoms with Crippen molar-refractivity contribution in [3.8, 4) is 17.0 Å². The van der Waals surface area contributed by atoms with Crippen LogP contribution in [0.25, 0.3) is 11.3 Å². The van der Waals surface area contributed by atoms with E-state index in [1.54, 1.807) is 7.11 Å². The molecule has 2 aromatic rings. The lowest BCUT2D eigenvalue weighted by molar-refractivity contribution is 0.415. The van der Waals surface area contributed by atoms with E-state index in [0.717, 1.165) is 21.6 Å². The van der Waals surface area contributed by atoms with Crippen molar-refractivity contribution in [1.82, 2.24) is 4.98 Å². The second-order valence-corrected chi connectivity index (χ2v) is 3.89. The van der Waals surface area contributed by atoms with Crippen molar-refractivity contribution >= 4 is 15.9 Å². The predicted octanol–water partition coefficient (Wildman–Crippen LogP) is 3.52. The minimum absolute atomic E-state index is 0.836. The van der Waals surface area contributed by atoms with E-state index in [1.165, 1.54) is 0 Å². The summed E-state index contributed by atoms with van der Waals surface area (Å²) >= 11 is 3.35. The average molecular weight is 264 g/mol. The van der Waals surface area contributed by atoms with Crippen LogP contribution in [0, 0.1) is 0 Å². The first kappa shape index (κ1) is 10.2. The Morgan fingerprint density at radius 3 is 2.67 bits per heavy atom. The SMILES string of the molecule is COc1cccc(-c2cccc(Br)n2)c1. The molecular formula is C12H10BrNO. The minimum atomic E-state index is 0.836. The molecule has 0 amide bonds. The van der Waals surface area contributed by atoms with Crippen LogP contribution >= 0.6 is 15.9 Å². The molecule has 0 aliphatic rings. The summed E-state index contributed by atoms with van der Waals surface area (Å²) in [4.78, 5) is 4.38. The second kappa shape index (κ2) is 4.45. The summed E-state index contributed by atoms with van der Waals surface area (Å²) in [5, 5.41) is 0. The highest BCUT2D eigenvalue weighted by atomic mass is 79.9. The molecule has 0 saturated heterocycles. The Morgan fingerprint density at radius 1 is 1.13 bits per heavy atom. The van der Waals surface area contributed by atoms with Gasteiger partial charge >= 0.3 is 0 Å². The molecule has 0 bridgehead atoms. The maximum atomic E-state index is 5.17. The molecule has 0 saturated carbocycles. The van der Waals surface area contributed by atoms with Crippen LogP contribution in [0.5, 0.6) is 5.75 Å². The smallest absolute Gasteiger partial charge is 0.119 e. The second-order valence-electron chi connectivity index (χ2n) is 3.08. The lowest BCUT2D eigenvalue weighted by atomic mass is 10.1. The van der Waals surface area contributed by atoms with Crippen molar-refractivity contribution in [3.05, 3.63) is 47.1 Å². The van der Waals surface area contributed by atoms with Crippen LogP contribution in [0.15, 0.2) is 47.1 Å².